The largest absolute Gasteiger partial charge is 0.463 e. The molecule has 2 heterocycles. The fourth-order valence-electron chi connectivity index (χ4n) is 4.01. The average molecular weight is 406 g/mol. The number of rotatable bonds is 7. The van der Waals surface area contributed by atoms with Gasteiger partial charge in [-0.15, -0.1) is 11.3 Å². The predicted octanol–water partition coefficient (Wildman–Crippen LogP) is 2.48. The van der Waals surface area contributed by atoms with Crippen LogP contribution in [0.2, 0.25) is 0 Å². The molecule has 1 saturated carbocycles. The van der Waals surface area contributed by atoms with Gasteiger partial charge in [0.2, 0.25) is 0 Å². The maximum atomic E-state index is 13.1. The van der Waals surface area contributed by atoms with Gasteiger partial charge in [0.15, 0.2) is 0 Å². The zero-order valence-electron chi connectivity index (χ0n) is 16.6. The first-order valence-corrected chi connectivity index (χ1v) is 10.5. The van der Waals surface area contributed by atoms with Crippen LogP contribution in [-0.2, 0) is 19.1 Å². The zero-order valence-corrected chi connectivity index (χ0v) is 17.4. The molecule has 1 aromatic heterocycles. The molecule has 1 aromatic rings. The third-order valence-corrected chi connectivity index (χ3v) is 5.62. The van der Waals surface area contributed by atoms with Crippen LogP contribution in [0.3, 0.4) is 0 Å². The minimum Gasteiger partial charge on any atom is -0.463 e. The molecule has 2 aliphatic rings. The van der Waals surface area contributed by atoms with Crippen molar-refractivity contribution in [2.45, 2.75) is 39.5 Å². The first-order valence-electron chi connectivity index (χ1n) is 9.54. The zero-order chi connectivity index (χ0) is 20.3. The summed E-state index contributed by atoms with van der Waals surface area (Å²) < 4.78 is 10.9. The summed E-state index contributed by atoms with van der Waals surface area (Å²) in [6.45, 7) is 7.02. The Morgan fingerprint density at radius 1 is 1.36 bits per heavy atom. The van der Waals surface area contributed by atoms with Crippen molar-refractivity contribution in [2.75, 3.05) is 26.4 Å². The fraction of sp³-hybridized carbons (Fsp3) is 0.600. The highest BCUT2D eigenvalue weighted by atomic mass is 32.1. The molecule has 7 nitrogen and oxygen atoms in total. The van der Waals surface area contributed by atoms with Gasteiger partial charge in [0, 0.05) is 24.1 Å². The molecular weight excluding hydrogens is 378 g/mol. The van der Waals surface area contributed by atoms with E-state index in [-0.39, 0.29) is 24.4 Å². The second-order valence-corrected chi connectivity index (χ2v) is 8.60. The number of fused-ring (bicyclic) bond motifs is 1. The maximum Gasteiger partial charge on any atom is 0.336 e. The SMILES string of the molecule is CCOC(=O)C1=C(COCCN)N=C2CC(C)(C)CC(=O)C2C1c1cscn1. The number of ketones is 1. The van der Waals surface area contributed by atoms with E-state index in [4.69, 9.17) is 20.2 Å². The van der Waals surface area contributed by atoms with Crippen molar-refractivity contribution in [3.05, 3.63) is 27.9 Å². The van der Waals surface area contributed by atoms with Gasteiger partial charge >= 0.3 is 5.97 Å². The lowest BCUT2D eigenvalue weighted by Crippen LogP contribution is -2.44. The standard InChI is InChI=1S/C20H27N3O4S/c1-4-27-19(25)18-13(9-26-6-5-21)23-12-7-20(2,3)8-15(24)16(12)17(18)14-10-28-11-22-14/h10-11,16-17H,4-9,21H2,1-3H3. The molecule has 2 atom stereocenters. The molecule has 0 amide bonds. The number of hydrogen-bond acceptors (Lipinski definition) is 8. The number of ether oxygens (including phenoxy) is 2. The number of carbonyl (C=O) groups is 2. The van der Waals surface area contributed by atoms with Gasteiger partial charge < -0.3 is 15.2 Å². The Hall–Kier alpha value is -1.90. The number of carbonyl (C=O) groups excluding carboxylic acids is 2. The first kappa shape index (κ1) is 20.8. The molecule has 8 heteroatoms. The third-order valence-electron chi connectivity index (χ3n) is 5.02. The van der Waals surface area contributed by atoms with Crippen LogP contribution in [0.1, 0.15) is 45.2 Å². The Bertz CT molecular complexity index is 798. The molecule has 0 bridgehead atoms. The fourth-order valence-corrected chi connectivity index (χ4v) is 4.60. The molecule has 0 spiro atoms. The molecule has 28 heavy (non-hydrogen) atoms. The maximum absolute atomic E-state index is 13.1. The van der Waals surface area contributed by atoms with E-state index in [1.807, 2.05) is 5.38 Å². The molecule has 0 aromatic carbocycles. The summed E-state index contributed by atoms with van der Waals surface area (Å²) in [5.41, 5.74) is 9.48. The number of esters is 1. The van der Waals surface area contributed by atoms with Crippen molar-refractivity contribution in [1.29, 1.82) is 0 Å². The van der Waals surface area contributed by atoms with Crippen molar-refractivity contribution in [3.8, 4) is 0 Å². The smallest absolute Gasteiger partial charge is 0.336 e. The lowest BCUT2D eigenvalue weighted by atomic mass is 9.64. The molecule has 1 aliphatic heterocycles. The number of nitrogens with zero attached hydrogens (tertiary/aromatic N) is 2. The molecule has 1 aliphatic carbocycles. The molecule has 0 saturated heterocycles. The minimum absolute atomic E-state index is 0.0942. The second kappa shape index (κ2) is 8.63. The monoisotopic (exact) mass is 405 g/mol. The van der Waals surface area contributed by atoms with E-state index < -0.39 is 17.8 Å². The normalized spacial score (nSPS) is 24.0. The molecule has 1 fully saturated rings. The first-order chi connectivity index (χ1) is 13.4. The highest BCUT2D eigenvalue weighted by Crippen LogP contribution is 2.46. The number of nitrogens with two attached hydrogens (primary N) is 1. The van der Waals surface area contributed by atoms with Crippen LogP contribution in [0.4, 0.5) is 0 Å². The van der Waals surface area contributed by atoms with Gasteiger partial charge in [-0.05, 0) is 18.8 Å². The van der Waals surface area contributed by atoms with E-state index >= 15 is 0 Å². The number of Topliss-reactive ketones (excluding diaryl/α,β-unsaturated/α-hetero) is 1. The Labute approximate surface area is 169 Å². The van der Waals surface area contributed by atoms with E-state index in [9.17, 15) is 9.59 Å². The Balaban J connectivity index is 2.13. The van der Waals surface area contributed by atoms with Crippen molar-refractivity contribution in [1.82, 2.24) is 4.98 Å². The van der Waals surface area contributed by atoms with Gasteiger partial charge in [-0.2, -0.15) is 0 Å². The number of thiazole rings is 1. The summed E-state index contributed by atoms with van der Waals surface area (Å²) in [5, 5.41) is 1.89. The van der Waals surface area contributed by atoms with Crippen LogP contribution in [0.5, 0.6) is 0 Å². The quantitative estimate of drug-likeness (QED) is 0.552. The van der Waals surface area contributed by atoms with Gasteiger partial charge in [-0.1, -0.05) is 13.8 Å². The van der Waals surface area contributed by atoms with Gasteiger partial charge in [-0.25, -0.2) is 9.78 Å². The minimum atomic E-state index is -0.488. The van der Waals surface area contributed by atoms with Crippen LogP contribution in [-0.4, -0.2) is 48.8 Å². The van der Waals surface area contributed by atoms with Crippen molar-refractivity contribution in [2.24, 2.45) is 22.1 Å². The Morgan fingerprint density at radius 2 is 2.14 bits per heavy atom. The van der Waals surface area contributed by atoms with Crippen LogP contribution in [0.15, 0.2) is 27.2 Å². The lowest BCUT2D eigenvalue weighted by molar-refractivity contribution is -0.139. The second-order valence-electron chi connectivity index (χ2n) is 7.88. The van der Waals surface area contributed by atoms with Crippen LogP contribution in [0.25, 0.3) is 0 Å². The molecule has 2 unspecified atom stereocenters. The molecular formula is C20H27N3O4S. The lowest BCUT2D eigenvalue weighted by Gasteiger charge is -2.40. The van der Waals surface area contributed by atoms with Crippen molar-refractivity contribution in [3.63, 3.8) is 0 Å². The predicted molar refractivity (Wildman–Crippen MR) is 107 cm³/mol. The number of hydrogen-bond donors (Lipinski definition) is 1. The van der Waals surface area contributed by atoms with E-state index in [1.54, 1.807) is 12.4 Å². The third kappa shape index (κ3) is 4.24. The topological polar surface area (TPSA) is 104 Å². The molecule has 2 N–H and O–H groups in total. The average Bonchev–Trinajstić information content (AvgIpc) is 3.14. The summed E-state index contributed by atoms with van der Waals surface area (Å²) in [5.74, 6) is -1.34. The highest BCUT2D eigenvalue weighted by Gasteiger charge is 2.48. The van der Waals surface area contributed by atoms with Crippen LogP contribution >= 0.6 is 11.3 Å². The van der Waals surface area contributed by atoms with Gasteiger partial charge in [0.25, 0.3) is 0 Å². The number of aromatic nitrogens is 1. The van der Waals surface area contributed by atoms with E-state index in [0.717, 1.165) is 5.71 Å². The number of aliphatic imine (C=N–C) groups is 1. The Kier molecular flexibility index (Phi) is 6.42. The summed E-state index contributed by atoms with van der Waals surface area (Å²) in [4.78, 5) is 35.2. The summed E-state index contributed by atoms with van der Waals surface area (Å²) in [6, 6.07) is 0. The summed E-state index contributed by atoms with van der Waals surface area (Å²) >= 11 is 1.44. The summed E-state index contributed by atoms with van der Waals surface area (Å²) in [7, 11) is 0. The summed E-state index contributed by atoms with van der Waals surface area (Å²) in [6.07, 6.45) is 1.15. The van der Waals surface area contributed by atoms with Gasteiger partial charge in [0.05, 0.1) is 54.1 Å². The Morgan fingerprint density at radius 3 is 2.79 bits per heavy atom. The molecule has 152 valence electrons. The van der Waals surface area contributed by atoms with Crippen molar-refractivity contribution < 1.29 is 19.1 Å². The molecule has 3 rings (SSSR count). The van der Waals surface area contributed by atoms with Crippen LogP contribution < -0.4 is 5.73 Å². The van der Waals surface area contributed by atoms with E-state index in [1.165, 1.54) is 11.3 Å². The van der Waals surface area contributed by atoms with Crippen LogP contribution in [0, 0.1) is 11.3 Å². The molecule has 0 radical (unpaired) electrons. The van der Waals surface area contributed by atoms with E-state index in [0.29, 0.717) is 43.0 Å². The van der Waals surface area contributed by atoms with Gasteiger partial charge in [-0.3, -0.25) is 9.79 Å². The van der Waals surface area contributed by atoms with Crippen molar-refractivity contribution >= 4 is 28.8 Å². The highest BCUT2D eigenvalue weighted by molar-refractivity contribution is 7.07. The van der Waals surface area contributed by atoms with E-state index in [2.05, 4.69) is 18.8 Å². The van der Waals surface area contributed by atoms with Gasteiger partial charge in [0.1, 0.15) is 5.78 Å².